The summed E-state index contributed by atoms with van der Waals surface area (Å²) in [4.78, 5) is 24.7. The molecule has 0 aliphatic heterocycles. The molecule has 0 unspecified atom stereocenters. The molecule has 0 bridgehead atoms. The molecule has 0 radical (unpaired) electrons. The quantitative estimate of drug-likeness (QED) is 0.522. The largest absolute Gasteiger partial charge is 0.511 e. The van der Waals surface area contributed by atoms with Crippen LogP contribution in [0.2, 0.25) is 0 Å². The summed E-state index contributed by atoms with van der Waals surface area (Å²) >= 11 is 0. The average molecular weight is 316 g/mol. The van der Waals surface area contributed by atoms with Crippen LogP contribution in [0.4, 0.5) is 0 Å². The van der Waals surface area contributed by atoms with Crippen molar-refractivity contribution in [3.63, 3.8) is 0 Å². The molecule has 1 aromatic rings. The van der Waals surface area contributed by atoms with Crippen molar-refractivity contribution >= 4 is 11.6 Å². The third kappa shape index (κ3) is 3.03. The van der Waals surface area contributed by atoms with E-state index in [4.69, 9.17) is 4.74 Å². The van der Waals surface area contributed by atoms with Gasteiger partial charge in [0.25, 0.3) is 0 Å². The zero-order chi connectivity index (χ0) is 17.3. The van der Waals surface area contributed by atoms with E-state index in [-0.39, 0.29) is 41.7 Å². The molecular formula is C19H24O4. The first kappa shape index (κ1) is 17.3. The van der Waals surface area contributed by atoms with Crippen molar-refractivity contribution in [2.45, 2.75) is 52.9 Å². The predicted molar refractivity (Wildman–Crippen MR) is 89.1 cm³/mol. The average Bonchev–Trinajstić information content (AvgIpc) is 2.46. The number of ether oxygens (including phenoxy) is 1. The number of benzene rings is 1. The van der Waals surface area contributed by atoms with Crippen molar-refractivity contribution in [1.29, 1.82) is 0 Å². The zero-order valence-electron chi connectivity index (χ0n) is 14.4. The van der Waals surface area contributed by atoms with Crippen LogP contribution in [-0.2, 0) is 9.59 Å². The van der Waals surface area contributed by atoms with E-state index in [9.17, 15) is 14.7 Å². The molecule has 1 N–H and O–H groups in total. The van der Waals surface area contributed by atoms with Crippen molar-refractivity contribution in [1.82, 2.24) is 0 Å². The van der Waals surface area contributed by atoms with Gasteiger partial charge in [0.1, 0.15) is 11.5 Å². The molecule has 1 saturated carbocycles. The number of methoxy groups -OCH3 is 1. The molecule has 1 fully saturated rings. The molecule has 0 heterocycles. The van der Waals surface area contributed by atoms with Crippen LogP contribution >= 0.6 is 0 Å². The van der Waals surface area contributed by atoms with Crippen LogP contribution in [0.15, 0.2) is 17.4 Å². The van der Waals surface area contributed by atoms with Crippen molar-refractivity contribution in [2.75, 3.05) is 7.11 Å². The third-order valence-corrected chi connectivity index (χ3v) is 4.62. The number of carbonyl (C=O) groups is 2. The van der Waals surface area contributed by atoms with Gasteiger partial charge in [-0.05, 0) is 48.9 Å². The summed E-state index contributed by atoms with van der Waals surface area (Å²) in [6.07, 6.45) is 0.798. The molecule has 1 aromatic carbocycles. The standard InChI is InChI=1S/C19H24O4/c1-6-14(20)18-15(21)8-13(9-16(18)22)17-10(2)7-11(3)19(23-5)12(17)4/h7,13,20H,6,8-9H2,1-5H3. The first-order valence-corrected chi connectivity index (χ1v) is 7.94. The first-order valence-electron chi connectivity index (χ1n) is 7.94. The summed E-state index contributed by atoms with van der Waals surface area (Å²) in [5, 5.41) is 9.83. The number of hydrogen-bond donors (Lipinski definition) is 1. The summed E-state index contributed by atoms with van der Waals surface area (Å²) in [5.41, 5.74) is 4.12. The Labute approximate surface area is 137 Å². The van der Waals surface area contributed by atoms with Crippen LogP contribution < -0.4 is 4.74 Å². The molecule has 0 atom stereocenters. The Bertz CT molecular complexity index is 678. The van der Waals surface area contributed by atoms with Gasteiger partial charge in [0.15, 0.2) is 11.6 Å². The van der Waals surface area contributed by atoms with Crippen LogP contribution in [0.3, 0.4) is 0 Å². The Kier molecular flexibility index (Phi) is 4.93. The van der Waals surface area contributed by atoms with E-state index < -0.39 is 0 Å². The van der Waals surface area contributed by atoms with E-state index in [2.05, 4.69) is 0 Å². The van der Waals surface area contributed by atoms with Crippen LogP contribution in [0, 0.1) is 20.8 Å². The Hall–Kier alpha value is -2.10. The topological polar surface area (TPSA) is 63.6 Å². The molecule has 4 heteroatoms. The molecule has 0 saturated heterocycles. The SMILES string of the molecule is CCC(O)=C1C(=O)CC(c2c(C)cc(C)c(OC)c2C)CC1=O. The van der Waals surface area contributed by atoms with Gasteiger partial charge < -0.3 is 9.84 Å². The van der Waals surface area contributed by atoms with E-state index in [1.54, 1.807) is 14.0 Å². The summed E-state index contributed by atoms with van der Waals surface area (Å²) in [6.45, 7) is 7.69. The molecule has 0 amide bonds. The highest BCUT2D eigenvalue weighted by molar-refractivity contribution is 6.22. The highest BCUT2D eigenvalue weighted by Gasteiger charge is 2.35. The number of allylic oxidation sites excluding steroid dienone is 2. The van der Waals surface area contributed by atoms with Gasteiger partial charge in [-0.2, -0.15) is 0 Å². The molecule has 0 aromatic heterocycles. The van der Waals surface area contributed by atoms with E-state index in [1.807, 2.05) is 26.8 Å². The zero-order valence-corrected chi connectivity index (χ0v) is 14.4. The van der Waals surface area contributed by atoms with E-state index >= 15 is 0 Å². The fourth-order valence-electron chi connectivity index (χ4n) is 3.71. The maximum Gasteiger partial charge on any atom is 0.170 e. The second-order valence-corrected chi connectivity index (χ2v) is 6.21. The molecule has 0 spiro atoms. The number of aliphatic hydroxyl groups is 1. The monoisotopic (exact) mass is 316 g/mol. The fourth-order valence-corrected chi connectivity index (χ4v) is 3.71. The number of aryl methyl sites for hydroxylation is 2. The van der Waals surface area contributed by atoms with E-state index in [0.29, 0.717) is 6.42 Å². The Morgan fingerprint density at radius 1 is 1.17 bits per heavy atom. The maximum absolute atomic E-state index is 12.4. The Balaban J connectivity index is 2.47. The van der Waals surface area contributed by atoms with Gasteiger partial charge in [0, 0.05) is 19.3 Å². The number of Topliss-reactive ketones (excluding diaryl/α,β-unsaturated/α-hetero) is 2. The van der Waals surface area contributed by atoms with Gasteiger partial charge in [-0.1, -0.05) is 13.0 Å². The van der Waals surface area contributed by atoms with Gasteiger partial charge >= 0.3 is 0 Å². The lowest BCUT2D eigenvalue weighted by Gasteiger charge is -2.27. The highest BCUT2D eigenvalue weighted by atomic mass is 16.5. The van der Waals surface area contributed by atoms with Crippen LogP contribution in [0.1, 0.15) is 54.4 Å². The predicted octanol–water partition coefficient (Wildman–Crippen LogP) is 3.86. The third-order valence-electron chi connectivity index (χ3n) is 4.62. The van der Waals surface area contributed by atoms with Gasteiger partial charge in [-0.15, -0.1) is 0 Å². The second kappa shape index (κ2) is 6.57. The molecule has 1 aliphatic carbocycles. The summed E-state index contributed by atoms with van der Waals surface area (Å²) in [7, 11) is 1.63. The van der Waals surface area contributed by atoms with Crippen molar-refractivity contribution in [2.24, 2.45) is 0 Å². The Morgan fingerprint density at radius 2 is 1.74 bits per heavy atom. The number of carbonyl (C=O) groups excluding carboxylic acids is 2. The number of hydrogen-bond acceptors (Lipinski definition) is 4. The van der Waals surface area contributed by atoms with Crippen LogP contribution in [-0.4, -0.2) is 23.8 Å². The number of aliphatic hydroxyl groups excluding tert-OH is 1. The lowest BCUT2D eigenvalue weighted by Crippen LogP contribution is -2.27. The van der Waals surface area contributed by atoms with Crippen molar-refractivity contribution in [3.05, 3.63) is 39.7 Å². The lowest BCUT2D eigenvalue weighted by molar-refractivity contribution is -0.124. The molecule has 4 nitrogen and oxygen atoms in total. The number of rotatable bonds is 3. The molecular weight excluding hydrogens is 292 g/mol. The van der Waals surface area contributed by atoms with Gasteiger partial charge in [-0.3, -0.25) is 9.59 Å². The lowest BCUT2D eigenvalue weighted by atomic mass is 9.76. The van der Waals surface area contributed by atoms with Gasteiger partial charge in [0.2, 0.25) is 0 Å². The summed E-state index contributed by atoms with van der Waals surface area (Å²) in [6, 6.07) is 2.03. The van der Waals surface area contributed by atoms with Gasteiger partial charge in [-0.25, -0.2) is 0 Å². The Morgan fingerprint density at radius 3 is 2.22 bits per heavy atom. The fraction of sp³-hybridized carbons (Fsp3) is 0.474. The van der Waals surface area contributed by atoms with Crippen molar-refractivity contribution < 1.29 is 19.4 Å². The minimum atomic E-state index is -0.260. The van der Waals surface area contributed by atoms with Crippen molar-refractivity contribution in [3.8, 4) is 5.75 Å². The minimum Gasteiger partial charge on any atom is -0.511 e. The summed E-state index contributed by atoms with van der Waals surface area (Å²) in [5.74, 6) is 0.0439. The second-order valence-electron chi connectivity index (χ2n) is 6.21. The van der Waals surface area contributed by atoms with Crippen LogP contribution in [0.25, 0.3) is 0 Å². The molecule has 23 heavy (non-hydrogen) atoms. The maximum atomic E-state index is 12.4. The van der Waals surface area contributed by atoms with Crippen LogP contribution in [0.5, 0.6) is 5.75 Å². The highest BCUT2D eigenvalue weighted by Crippen LogP contribution is 2.40. The molecule has 1 aliphatic rings. The number of ketones is 2. The van der Waals surface area contributed by atoms with E-state index in [0.717, 1.165) is 28.0 Å². The van der Waals surface area contributed by atoms with E-state index in [1.165, 1.54) is 0 Å². The normalized spacial score (nSPS) is 18.3. The summed E-state index contributed by atoms with van der Waals surface area (Å²) < 4.78 is 5.47. The smallest absolute Gasteiger partial charge is 0.170 e. The molecule has 2 rings (SSSR count). The first-order chi connectivity index (χ1) is 10.8. The minimum absolute atomic E-state index is 0.00173. The van der Waals surface area contributed by atoms with Gasteiger partial charge in [0.05, 0.1) is 12.7 Å². The molecule has 124 valence electrons.